The maximum atomic E-state index is 14.7. The van der Waals surface area contributed by atoms with Gasteiger partial charge in [-0.3, -0.25) is 19.2 Å². The van der Waals surface area contributed by atoms with Crippen LogP contribution in [0.25, 0.3) is 0 Å². The minimum atomic E-state index is -1.25. The maximum absolute atomic E-state index is 14.7. The molecular formula is C38H46BrN3O7. The summed E-state index contributed by atoms with van der Waals surface area (Å²) in [5.41, 5.74) is 0.391. The second-order valence-electron chi connectivity index (χ2n) is 12.9. The number of amides is 3. The molecule has 3 aliphatic heterocycles. The van der Waals surface area contributed by atoms with E-state index < -0.39 is 41.7 Å². The second kappa shape index (κ2) is 16.7. The number of likely N-dealkylation sites (tertiary alicyclic amines) is 1. The molecule has 3 aliphatic rings. The number of hydrogen-bond donors (Lipinski definition) is 2. The largest absolute Gasteiger partial charge is 0.455 e. The number of allylic oxidation sites excluding steroid dienone is 1. The van der Waals surface area contributed by atoms with Gasteiger partial charge in [0, 0.05) is 37.5 Å². The zero-order valence-corrected chi connectivity index (χ0v) is 29.3. The highest BCUT2D eigenvalue weighted by Crippen LogP contribution is 2.60. The standard InChI is InChI=1S/C38H46BrN3O7/c1-3-5-19-30(44)40-24-29(27-17-11-7-12-18-27)48-37(47)31-32-35(45)42(21-13-8-14-22-43)34(38(32)23-28(39)33(31)49-38)36(46)41(20-4-2)25-26-15-9-6-10-16-26/h3-4,6-7,9-12,15-18,28-29,31-34,43H,1-2,5,8,13-14,19-25H2,(H,40,44)/t28?,29-,31-,32+,33-,34-,38+/m1/s1. The lowest BCUT2D eigenvalue weighted by Crippen LogP contribution is -2.56. The van der Waals surface area contributed by atoms with E-state index in [4.69, 9.17) is 9.47 Å². The van der Waals surface area contributed by atoms with Gasteiger partial charge in [0.05, 0.1) is 24.5 Å². The van der Waals surface area contributed by atoms with Crippen LogP contribution < -0.4 is 5.32 Å². The SMILES string of the molecule is C=CCCC(=O)NC[C@@H](OC(=O)[C@H]1[C@@H]2O[C@@]3(CC2Br)[C@@H]1C(=O)N(CCCCCO)[C@@H]3C(=O)N(CC=C)Cc1ccccc1)c1ccccc1. The van der Waals surface area contributed by atoms with E-state index in [0.29, 0.717) is 44.2 Å². The number of fused-ring (bicyclic) bond motifs is 1. The highest BCUT2D eigenvalue weighted by molar-refractivity contribution is 9.09. The molecule has 3 fully saturated rings. The Bertz CT molecular complexity index is 1490. The number of unbranched alkanes of at least 4 members (excludes halogenated alkanes) is 2. The van der Waals surface area contributed by atoms with Crippen LogP contribution in [0.3, 0.4) is 0 Å². The van der Waals surface area contributed by atoms with E-state index in [1.165, 1.54) is 0 Å². The molecule has 2 aromatic rings. The number of hydrogen-bond acceptors (Lipinski definition) is 7. The molecule has 3 amide bonds. The van der Waals surface area contributed by atoms with Crippen LogP contribution in [0.4, 0.5) is 0 Å². The first-order valence-electron chi connectivity index (χ1n) is 17.1. The summed E-state index contributed by atoms with van der Waals surface area (Å²) in [6, 6.07) is 17.8. The average molecular weight is 737 g/mol. The molecule has 7 atom stereocenters. The third kappa shape index (κ3) is 7.84. The minimum Gasteiger partial charge on any atom is -0.455 e. The number of benzene rings is 2. The molecule has 1 spiro atoms. The van der Waals surface area contributed by atoms with Gasteiger partial charge in [-0.05, 0) is 43.2 Å². The van der Waals surface area contributed by atoms with Crippen LogP contribution in [-0.4, -0.2) is 87.4 Å². The molecule has 2 aromatic carbocycles. The third-order valence-corrected chi connectivity index (χ3v) is 10.6. The molecule has 0 radical (unpaired) electrons. The number of aliphatic hydroxyl groups is 1. The van der Waals surface area contributed by atoms with Crippen LogP contribution in [0.1, 0.15) is 55.8 Å². The Morgan fingerprint density at radius 1 is 1.08 bits per heavy atom. The Labute approximate surface area is 296 Å². The van der Waals surface area contributed by atoms with E-state index in [-0.39, 0.29) is 55.2 Å². The van der Waals surface area contributed by atoms with Gasteiger partial charge >= 0.3 is 5.97 Å². The molecule has 0 saturated carbocycles. The van der Waals surface area contributed by atoms with Gasteiger partial charge in [-0.15, -0.1) is 13.2 Å². The predicted molar refractivity (Wildman–Crippen MR) is 188 cm³/mol. The van der Waals surface area contributed by atoms with Crippen molar-refractivity contribution in [2.24, 2.45) is 11.8 Å². The van der Waals surface area contributed by atoms with E-state index in [1.54, 1.807) is 22.0 Å². The summed E-state index contributed by atoms with van der Waals surface area (Å²) in [7, 11) is 0. The number of ether oxygens (including phenoxy) is 2. The molecule has 0 aromatic heterocycles. The molecular weight excluding hydrogens is 690 g/mol. The number of alkyl halides is 1. The van der Waals surface area contributed by atoms with Crippen molar-refractivity contribution in [1.29, 1.82) is 0 Å². The summed E-state index contributed by atoms with van der Waals surface area (Å²) >= 11 is 3.74. The molecule has 10 nitrogen and oxygen atoms in total. The summed E-state index contributed by atoms with van der Waals surface area (Å²) in [5, 5.41) is 12.2. The zero-order valence-electron chi connectivity index (χ0n) is 27.8. The molecule has 49 heavy (non-hydrogen) atoms. The van der Waals surface area contributed by atoms with Crippen LogP contribution in [0, 0.1) is 11.8 Å². The smallest absolute Gasteiger partial charge is 0.313 e. The van der Waals surface area contributed by atoms with Crippen LogP contribution in [0.15, 0.2) is 86.0 Å². The molecule has 11 heteroatoms. The number of esters is 1. The van der Waals surface area contributed by atoms with E-state index >= 15 is 0 Å². The van der Waals surface area contributed by atoms with E-state index in [1.807, 2.05) is 60.7 Å². The number of carbonyl (C=O) groups excluding carboxylic acids is 4. The van der Waals surface area contributed by atoms with Gasteiger partial charge in [0.2, 0.25) is 17.7 Å². The highest BCUT2D eigenvalue weighted by atomic mass is 79.9. The fourth-order valence-electron chi connectivity index (χ4n) is 7.50. The van der Waals surface area contributed by atoms with Gasteiger partial charge in [-0.1, -0.05) is 88.7 Å². The van der Waals surface area contributed by atoms with Gasteiger partial charge in [0.15, 0.2) is 0 Å². The van der Waals surface area contributed by atoms with Crippen molar-refractivity contribution in [2.45, 2.75) is 73.7 Å². The zero-order chi connectivity index (χ0) is 35.0. The summed E-state index contributed by atoms with van der Waals surface area (Å²) in [5.74, 6) is -3.26. The molecule has 2 N–H and O–H groups in total. The average Bonchev–Trinajstić information content (AvgIpc) is 3.70. The van der Waals surface area contributed by atoms with Crippen molar-refractivity contribution in [1.82, 2.24) is 15.1 Å². The number of rotatable bonds is 18. The number of halogens is 1. The van der Waals surface area contributed by atoms with Crippen molar-refractivity contribution in [3.05, 3.63) is 97.1 Å². The molecule has 0 aliphatic carbocycles. The van der Waals surface area contributed by atoms with E-state index in [0.717, 1.165) is 5.56 Å². The predicted octanol–water partition coefficient (Wildman–Crippen LogP) is 4.48. The van der Waals surface area contributed by atoms with Crippen LogP contribution >= 0.6 is 15.9 Å². The molecule has 262 valence electrons. The fourth-order valence-corrected chi connectivity index (χ4v) is 8.44. The minimum absolute atomic E-state index is 0.0360. The van der Waals surface area contributed by atoms with E-state index in [2.05, 4.69) is 34.4 Å². The highest BCUT2D eigenvalue weighted by Gasteiger charge is 2.77. The van der Waals surface area contributed by atoms with E-state index in [9.17, 15) is 24.3 Å². The third-order valence-electron chi connectivity index (χ3n) is 9.72. The molecule has 3 saturated heterocycles. The summed E-state index contributed by atoms with van der Waals surface area (Å²) in [6.45, 7) is 8.50. The first-order chi connectivity index (χ1) is 23.7. The maximum Gasteiger partial charge on any atom is 0.313 e. The van der Waals surface area contributed by atoms with Gasteiger partial charge in [0.1, 0.15) is 17.7 Å². The summed E-state index contributed by atoms with van der Waals surface area (Å²) < 4.78 is 12.9. The molecule has 2 bridgehead atoms. The molecule has 5 rings (SSSR count). The normalized spacial score (nSPS) is 25.8. The number of carbonyl (C=O) groups is 4. The van der Waals surface area contributed by atoms with Gasteiger partial charge < -0.3 is 29.7 Å². The van der Waals surface area contributed by atoms with Crippen molar-refractivity contribution in [3.63, 3.8) is 0 Å². The van der Waals surface area contributed by atoms with Crippen molar-refractivity contribution in [3.8, 4) is 0 Å². The molecule has 1 unspecified atom stereocenters. The summed E-state index contributed by atoms with van der Waals surface area (Å²) in [4.78, 5) is 58.9. The van der Waals surface area contributed by atoms with Crippen LogP contribution in [0.5, 0.6) is 0 Å². The quantitative estimate of drug-likeness (QED) is 0.100. The number of nitrogens with zero attached hydrogens (tertiary/aromatic N) is 2. The Morgan fingerprint density at radius 3 is 2.47 bits per heavy atom. The first kappa shape index (κ1) is 36.5. The lowest BCUT2D eigenvalue weighted by molar-refractivity contribution is -0.160. The lowest BCUT2D eigenvalue weighted by Gasteiger charge is -2.37. The van der Waals surface area contributed by atoms with Crippen molar-refractivity contribution in [2.75, 3.05) is 26.2 Å². The monoisotopic (exact) mass is 735 g/mol. The van der Waals surface area contributed by atoms with Crippen molar-refractivity contribution < 1.29 is 33.8 Å². The van der Waals surface area contributed by atoms with Crippen LogP contribution in [0.2, 0.25) is 0 Å². The first-order valence-corrected chi connectivity index (χ1v) is 18.0. The van der Waals surface area contributed by atoms with Gasteiger partial charge in [0.25, 0.3) is 0 Å². The number of aliphatic hydroxyl groups excluding tert-OH is 1. The van der Waals surface area contributed by atoms with Gasteiger partial charge in [-0.25, -0.2) is 0 Å². The second-order valence-corrected chi connectivity index (χ2v) is 14.1. The van der Waals surface area contributed by atoms with Crippen LogP contribution in [-0.2, 0) is 35.2 Å². The molecule has 3 heterocycles. The Hall–Kier alpha value is -3.80. The van der Waals surface area contributed by atoms with Gasteiger partial charge in [-0.2, -0.15) is 0 Å². The fraction of sp³-hybridized carbons (Fsp3) is 0.474. The number of nitrogens with one attached hydrogen (secondary N) is 1. The summed E-state index contributed by atoms with van der Waals surface area (Å²) in [6.07, 6.45) is 4.83. The Morgan fingerprint density at radius 2 is 1.80 bits per heavy atom. The Kier molecular flexibility index (Phi) is 12.5. The Balaban J connectivity index is 1.45. The van der Waals surface area contributed by atoms with Crippen molar-refractivity contribution >= 4 is 39.6 Å². The topological polar surface area (TPSA) is 125 Å². The lowest BCUT2D eigenvalue weighted by atomic mass is 9.70.